The van der Waals surface area contributed by atoms with Crippen molar-refractivity contribution in [1.82, 2.24) is 0 Å². The van der Waals surface area contributed by atoms with Gasteiger partial charge in [-0.15, -0.1) is 0 Å². The van der Waals surface area contributed by atoms with Crippen LogP contribution in [0.4, 0.5) is 17.1 Å². The van der Waals surface area contributed by atoms with E-state index in [2.05, 4.69) is 65.8 Å². The molecule has 0 aliphatic heterocycles. The highest BCUT2D eigenvalue weighted by atomic mass is 16.4. The molecule has 0 amide bonds. The lowest BCUT2D eigenvalue weighted by molar-refractivity contribution is 0.0681. The van der Waals surface area contributed by atoms with Crippen LogP contribution in [0, 0.1) is 13.8 Å². The molecule has 0 bridgehead atoms. The molecule has 0 saturated carbocycles. The third-order valence-electron chi connectivity index (χ3n) is 7.70. The molecule has 0 aromatic heterocycles. The molecule has 0 fully saturated rings. The Kier molecular flexibility index (Phi) is 7.68. The Hall–Kier alpha value is -4.65. The van der Waals surface area contributed by atoms with E-state index in [9.17, 15) is 29.7 Å². The SMILES string of the molecule is Cc1ccc(C(C)(C)C)cc1N(c1cc(C(C)(C)C)ccc1C)c1ccc(C(=O)O)c2c(C(=O)O)ccc(C(=O)O)c12. The summed E-state index contributed by atoms with van der Waals surface area (Å²) in [4.78, 5) is 39.3. The Morgan fingerprint density at radius 1 is 0.524 bits per heavy atom. The number of hydrogen-bond acceptors (Lipinski definition) is 4. The molecule has 0 aliphatic rings. The maximum atomic E-state index is 12.6. The fourth-order valence-corrected chi connectivity index (χ4v) is 5.22. The predicted molar refractivity (Wildman–Crippen MR) is 166 cm³/mol. The molecule has 7 nitrogen and oxygen atoms in total. The number of benzene rings is 4. The van der Waals surface area contributed by atoms with Crippen LogP contribution in [0.1, 0.15) is 94.9 Å². The molecule has 0 unspecified atom stereocenters. The molecule has 0 spiro atoms. The zero-order chi connectivity index (χ0) is 31.3. The van der Waals surface area contributed by atoms with Gasteiger partial charge in [0.2, 0.25) is 0 Å². The van der Waals surface area contributed by atoms with Crippen molar-refractivity contribution in [2.75, 3.05) is 4.90 Å². The van der Waals surface area contributed by atoms with Gasteiger partial charge in [0.1, 0.15) is 0 Å². The van der Waals surface area contributed by atoms with Crippen LogP contribution < -0.4 is 4.90 Å². The maximum Gasteiger partial charge on any atom is 0.336 e. The summed E-state index contributed by atoms with van der Waals surface area (Å²) < 4.78 is 0. The second-order valence-corrected chi connectivity index (χ2v) is 12.8. The number of carboxylic acids is 3. The van der Waals surface area contributed by atoms with Gasteiger partial charge in [-0.3, -0.25) is 0 Å². The Morgan fingerprint density at radius 2 is 0.881 bits per heavy atom. The molecular weight excluding hydrogens is 530 g/mol. The average molecular weight is 568 g/mol. The van der Waals surface area contributed by atoms with Gasteiger partial charge in [-0.25, -0.2) is 14.4 Å². The Balaban J connectivity index is 2.29. The summed E-state index contributed by atoms with van der Waals surface area (Å²) in [6.07, 6.45) is 0. The third-order valence-corrected chi connectivity index (χ3v) is 7.70. The number of nitrogens with zero attached hydrogens (tertiary/aromatic N) is 1. The fourth-order valence-electron chi connectivity index (χ4n) is 5.22. The highest BCUT2D eigenvalue weighted by molar-refractivity contribution is 6.21. The lowest BCUT2D eigenvalue weighted by Crippen LogP contribution is -2.19. The summed E-state index contributed by atoms with van der Waals surface area (Å²) in [5.41, 5.74) is 4.69. The van der Waals surface area contributed by atoms with E-state index in [0.29, 0.717) is 5.69 Å². The van der Waals surface area contributed by atoms with Crippen LogP contribution >= 0.6 is 0 Å². The average Bonchev–Trinajstić information content (AvgIpc) is 2.88. The molecule has 0 radical (unpaired) electrons. The molecule has 7 heteroatoms. The van der Waals surface area contributed by atoms with Crippen LogP contribution in [-0.2, 0) is 10.8 Å². The van der Waals surface area contributed by atoms with Gasteiger partial charge >= 0.3 is 17.9 Å². The van der Waals surface area contributed by atoms with Crippen molar-refractivity contribution >= 4 is 45.7 Å². The number of rotatable bonds is 6. The van der Waals surface area contributed by atoms with Gasteiger partial charge in [0.25, 0.3) is 0 Å². The topological polar surface area (TPSA) is 115 Å². The summed E-state index contributed by atoms with van der Waals surface area (Å²) in [5, 5.41) is 30.3. The largest absolute Gasteiger partial charge is 0.478 e. The minimum atomic E-state index is -1.35. The Bertz CT molecular complexity index is 1670. The van der Waals surface area contributed by atoms with Gasteiger partial charge in [-0.2, -0.15) is 0 Å². The lowest BCUT2D eigenvalue weighted by Gasteiger charge is -2.33. The van der Waals surface area contributed by atoms with E-state index in [1.807, 2.05) is 30.9 Å². The van der Waals surface area contributed by atoms with Crippen molar-refractivity contribution < 1.29 is 29.7 Å². The first kappa shape index (κ1) is 30.3. The van der Waals surface area contributed by atoms with Crippen LogP contribution in [-0.4, -0.2) is 33.2 Å². The molecule has 4 aromatic carbocycles. The van der Waals surface area contributed by atoms with Crippen LogP contribution in [0.2, 0.25) is 0 Å². The summed E-state index contributed by atoms with van der Waals surface area (Å²) in [6, 6.07) is 17.6. The molecule has 0 atom stereocenters. The highest BCUT2D eigenvalue weighted by Crippen LogP contribution is 2.46. The lowest BCUT2D eigenvalue weighted by atomic mass is 9.85. The van der Waals surface area contributed by atoms with E-state index in [1.165, 1.54) is 12.1 Å². The van der Waals surface area contributed by atoms with E-state index in [1.54, 1.807) is 6.07 Å². The molecule has 0 aliphatic carbocycles. The van der Waals surface area contributed by atoms with Crippen molar-refractivity contribution in [1.29, 1.82) is 0 Å². The van der Waals surface area contributed by atoms with Crippen molar-refractivity contribution in [3.63, 3.8) is 0 Å². The third kappa shape index (κ3) is 5.47. The van der Waals surface area contributed by atoms with E-state index in [0.717, 1.165) is 39.7 Å². The van der Waals surface area contributed by atoms with E-state index in [4.69, 9.17) is 0 Å². The second-order valence-electron chi connectivity index (χ2n) is 12.8. The Morgan fingerprint density at radius 3 is 1.24 bits per heavy atom. The van der Waals surface area contributed by atoms with Gasteiger partial charge < -0.3 is 20.2 Å². The number of carboxylic acid groups (broad SMARTS) is 3. The Labute approximate surface area is 246 Å². The molecule has 218 valence electrons. The zero-order valence-electron chi connectivity index (χ0n) is 25.3. The number of fused-ring (bicyclic) bond motifs is 1. The van der Waals surface area contributed by atoms with E-state index < -0.39 is 17.9 Å². The van der Waals surface area contributed by atoms with Crippen LogP contribution in [0.3, 0.4) is 0 Å². The first-order valence-corrected chi connectivity index (χ1v) is 13.8. The van der Waals surface area contributed by atoms with E-state index >= 15 is 0 Å². The molecule has 3 N–H and O–H groups in total. The number of carbonyl (C=O) groups is 3. The van der Waals surface area contributed by atoms with Gasteiger partial charge in [0.05, 0.1) is 22.4 Å². The second kappa shape index (κ2) is 10.6. The van der Waals surface area contributed by atoms with E-state index in [-0.39, 0.29) is 38.3 Å². The molecule has 0 saturated heterocycles. The predicted octanol–water partition coefficient (Wildman–Crippen LogP) is 8.62. The number of hydrogen-bond donors (Lipinski definition) is 3. The smallest absolute Gasteiger partial charge is 0.336 e. The quantitative estimate of drug-likeness (QED) is 0.214. The van der Waals surface area contributed by atoms with Crippen LogP contribution in [0.25, 0.3) is 10.8 Å². The maximum absolute atomic E-state index is 12.6. The normalized spacial score (nSPS) is 11.9. The minimum Gasteiger partial charge on any atom is -0.478 e. The zero-order valence-corrected chi connectivity index (χ0v) is 25.3. The first-order valence-electron chi connectivity index (χ1n) is 13.8. The molecule has 42 heavy (non-hydrogen) atoms. The van der Waals surface area contributed by atoms with Crippen LogP contribution in [0.15, 0.2) is 60.7 Å². The van der Waals surface area contributed by atoms with Gasteiger partial charge in [0.15, 0.2) is 0 Å². The fraction of sp³-hybridized carbons (Fsp3) is 0.286. The molecule has 0 heterocycles. The molecule has 4 aromatic rings. The van der Waals surface area contributed by atoms with Crippen molar-refractivity contribution in [2.24, 2.45) is 0 Å². The summed E-state index contributed by atoms with van der Waals surface area (Å²) in [6.45, 7) is 16.6. The number of anilines is 3. The summed E-state index contributed by atoms with van der Waals surface area (Å²) in [5.74, 6) is -3.99. The van der Waals surface area contributed by atoms with Crippen molar-refractivity contribution in [3.05, 3.63) is 99.6 Å². The number of aryl methyl sites for hydroxylation is 2. The standard InChI is InChI=1S/C35H37NO6/c1-19-9-11-21(34(3,4)5)17-27(19)36(28-18-22(35(6,7)8)12-10-20(28)2)26-16-15-24(32(39)40)29-23(31(37)38)13-14-25(30(26)29)33(41)42/h9-18H,1-8H3,(H,37,38)(H,39,40)(H,41,42). The number of aromatic carboxylic acids is 3. The van der Waals surface area contributed by atoms with Crippen molar-refractivity contribution in [2.45, 2.75) is 66.2 Å². The monoisotopic (exact) mass is 567 g/mol. The van der Waals surface area contributed by atoms with Gasteiger partial charge in [-0.1, -0.05) is 65.8 Å². The minimum absolute atomic E-state index is 0.0448. The summed E-state index contributed by atoms with van der Waals surface area (Å²) in [7, 11) is 0. The van der Waals surface area contributed by atoms with Crippen LogP contribution in [0.5, 0.6) is 0 Å². The van der Waals surface area contributed by atoms with Gasteiger partial charge in [-0.05, 0) is 83.3 Å². The van der Waals surface area contributed by atoms with Gasteiger partial charge in [0, 0.05) is 22.1 Å². The molecule has 4 rings (SSSR count). The van der Waals surface area contributed by atoms with Crippen molar-refractivity contribution in [3.8, 4) is 0 Å². The molecular formula is C35H37NO6. The highest BCUT2D eigenvalue weighted by Gasteiger charge is 2.29. The first-order chi connectivity index (χ1) is 19.4. The summed E-state index contributed by atoms with van der Waals surface area (Å²) >= 11 is 0.